The number of carbonyl (C=O) groups excluding carboxylic acids is 1. The first kappa shape index (κ1) is 13.1. The van der Waals surface area contributed by atoms with Gasteiger partial charge in [0.1, 0.15) is 6.29 Å². The Labute approximate surface area is 122 Å². The van der Waals surface area contributed by atoms with Crippen molar-refractivity contribution in [3.05, 3.63) is 34.2 Å². The molecule has 1 aliphatic rings. The van der Waals surface area contributed by atoms with Crippen LogP contribution in [0, 0.1) is 5.92 Å². The second kappa shape index (κ2) is 5.61. The van der Waals surface area contributed by atoms with Crippen LogP contribution in [0.2, 0.25) is 5.02 Å². The molecule has 0 radical (unpaired) electrons. The minimum absolute atomic E-state index is 0.258. The minimum atomic E-state index is 0.258. The van der Waals surface area contributed by atoms with Crippen molar-refractivity contribution in [2.24, 2.45) is 5.92 Å². The van der Waals surface area contributed by atoms with Crippen molar-refractivity contribution >= 4 is 39.3 Å². The van der Waals surface area contributed by atoms with Gasteiger partial charge in [-0.3, -0.25) is 4.90 Å². The quantitative estimate of drug-likeness (QED) is 0.798. The van der Waals surface area contributed by atoms with E-state index in [0.717, 1.165) is 49.2 Å². The van der Waals surface area contributed by atoms with E-state index in [9.17, 15) is 4.79 Å². The van der Waals surface area contributed by atoms with E-state index in [-0.39, 0.29) is 5.92 Å². The van der Waals surface area contributed by atoms with Crippen molar-refractivity contribution in [1.29, 1.82) is 0 Å². The van der Waals surface area contributed by atoms with Crippen LogP contribution in [0.1, 0.15) is 17.7 Å². The Hall–Kier alpha value is -0.900. The molecule has 100 valence electrons. The fourth-order valence-corrected chi connectivity index (χ4v) is 4.15. The Morgan fingerprint density at radius 1 is 1.32 bits per heavy atom. The van der Waals surface area contributed by atoms with Gasteiger partial charge in [-0.1, -0.05) is 29.8 Å². The van der Waals surface area contributed by atoms with Crippen molar-refractivity contribution in [1.82, 2.24) is 4.90 Å². The van der Waals surface area contributed by atoms with Gasteiger partial charge in [0, 0.05) is 27.4 Å². The SMILES string of the molecule is O=CC1CCN(Cc2sc3ccccc3c2Cl)CC1. The Morgan fingerprint density at radius 3 is 2.74 bits per heavy atom. The molecule has 2 heterocycles. The summed E-state index contributed by atoms with van der Waals surface area (Å²) in [5.41, 5.74) is 0. The number of carbonyl (C=O) groups is 1. The fourth-order valence-electron chi connectivity index (χ4n) is 2.62. The fraction of sp³-hybridized carbons (Fsp3) is 0.400. The van der Waals surface area contributed by atoms with Gasteiger partial charge < -0.3 is 4.79 Å². The van der Waals surface area contributed by atoms with Crippen LogP contribution in [0.15, 0.2) is 24.3 Å². The normalized spacial score (nSPS) is 17.9. The number of thiophene rings is 1. The van der Waals surface area contributed by atoms with Gasteiger partial charge in [-0.15, -0.1) is 11.3 Å². The Balaban J connectivity index is 1.75. The molecule has 0 spiro atoms. The molecule has 2 aromatic rings. The van der Waals surface area contributed by atoms with E-state index in [1.54, 1.807) is 11.3 Å². The maximum atomic E-state index is 10.8. The molecule has 1 aromatic carbocycles. The van der Waals surface area contributed by atoms with Crippen LogP contribution < -0.4 is 0 Å². The van der Waals surface area contributed by atoms with Crippen molar-refractivity contribution in [2.75, 3.05) is 13.1 Å². The number of nitrogens with zero attached hydrogens (tertiary/aromatic N) is 1. The standard InChI is InChI=1S/C15H16ClNOS/c16-15-12-3-1-2-4-13(12)19-14(15)9-17-7-5-11(10-18)6-8-17/h1-4,10-11H,5-9H2. The third-order valence-electron chi connectivity index (χ3n) is 3.79. The van der Waals surface area contributed by atoms with Crippen LogP contribution in [0.3, 0.4) is 0 Å². The highest BCUT2D eigenvalue weighted by molar-refractivity contribution is 7.19. The molecule has 0 amide bonds. The molecule has 0 N–H and O–H groups in total. The number of halogens is 1. The zero-order valence-corrected chi connectivity index (χ0v) is 12.2. The number of likely N-dealkylation sites (tertiary alicyclic amines) is 1. The Kier molecular flexibility index (Phi) is 3.87. The molecule has 0 saturated carbocycles. The summed E-state index contributed by atoms with van der Waals surface area (Å²) < 4.78 is 1.25. The molecule has 4 heteroatoms. The zero-order chi connectivity index (χ0) is 13.2. The van der Waals surface area contributed by atoms with Crippen LogP contribution in [0.5, 0.6) is 0 Å². The summed E-state index contributed by atoms with van der Waals surface area (Å²) in [6.45, 7) is 2.89. The van der Waals surface area contributed by atoms with E-state index in [1.165, 1.54) is 9.58 Å². The van der Waals surface area contributed by atoms with Crippen molar-refractivity contribution in [2.45, 2.75) is 19.4 Å². The van der Waals surface area contributed by atoms with Crippen LogP contribution in [0.4, 0.5) is 0 Å². The van der Waals surface area contributed by atoms with E-state index in [0.29, 0.717) is 0 Å². The first-order valence-corrected chi connectivity index (χ1v) is 7.81. The summed E-state index contributed by atoms with van der Waals surface area (Å²) in [7, 11) is 0. The molecule has 0 atom stereocenters. The summed E-state index contributed by atoms with van der Waals surface area (Å²) >= 11 is 8.24. The van der Waals surface area contributed by atoms with E-state index in [4.69, 9.17) is 11.6 Å². The third kappa shape index (κ3) is 2.69. The van der Waals surface area contributed by atoms with Crippen molar-refractivity contribution in [3.63, 3.8) is 0 Å². The maximum Gasteiger partial charge on any atom is 0.123 e. The lowest BCUT2D eigenvalue weighted by Crippen LogP contribution is -2.33. The van der Waals surface area contributed by atoms with Gasteiger partial charge in [0.15, 0.2) is 0 Å². The van der Waals surface area contributed by atoms with Crippen LogP contribution in [0.25, 0.3) is 10.1 Å². The second-order valence-electron chi connectivity index (χ2n) is 5.09. The lowest BCUT2D eigenvalue weighted by Gasteiger charge is -2.29. The smallest absolute Gasteiger partial charge is 0.123 e. The molecular formula is C15H16ClNOS. The summed E-state index contributed by atoms with van der Waals surface area (Å²) in [6.07, 6.45) is 3.06. The molecule has 1 fully saturated rings. The highest BCUT2D eigenvalue weighted by Gasteiger charge is 2.20. The molecule has 19 heavy (non-hydrogen) atoms. The number of fused-ring (bicyclic) bond motifs is 1. The monoisotopic (exact) mass is 293 g/mol. The van der Waals surface area contributed by atoms with Gasteiger partial charge in [-0.05, 0) is 32.0 Å². The number of benzene rings is 1. The number of piperidine rings is 1. The predicted molar refractivity (Wildman–Crippen MR) is 80.9 cm³/mol. The summed E-state index contributed by atoms with van der Waals surface area (Å²) in [6, 6.07) is 8.28. The molecular weight excluding hydrogens is 278 g/mol. The van der Waals surface area contributed by atoms with Crippen molar-refractivity contribution < 1.29 is 4.79 Å². The highest BCUT2D eigenvalue weighted by atomic mass is 35.5. The number of rotatable bonds is 3. The molecule has 3 rings (SSSR count). The Bertz CT molecular complexity index is 587. The molecule has 1 aromatic heterocycles. The average Bonchev–Trinajstić information content (AvgIpc) is 2.77. The van der Waals surface area contributed by atoms with E-state index < -0.39 is 0 Å². The van der Waals surface area contributed by atoms with Crippen LogP contribution in [-0.2, 0) is 11.3 Å². The van der Waals surface area contributed by atoms with E-state index >= 15 is 0 Å². The average molecular weight is 294 g/mol. The lowest BCUT2D eigenvalue weighted by atomic mass is 9.99. The molecule has 0 unspecified atom stereocenters. The molecule has 1 saturated heterocycles. The highest BCUT2D eigenvalue weighted by Crippen LogP contribution is 2.36. The van der Waals surface area contributed by atoms with Gasteiger partial charge in [0.2, 0.25) is 0 Å². The second-order valence-corrected chi connectivity index (χ2v) is 6.60. The molecule has 0 bridgehead atoms. The van der Waals surface area contributed by atoms with Gasteiger partial charge in [0.05, 0.1) is 5.02 Å². The summed E-state index contributed by atoms with van der Waals surface area (Å²) in [4.78, 5) is 14.4. The maximum absolute atomic E-state index is 10.8. The largest absolute Gasteiger partial charge is 0.303 e. The summed E-state index contributed by atoms with van der Waals surface area (Å²) in [5, 5.41) is 2.06. The third-order valence-corrected chi connectivity index (χ3v) is 5.49. The van der Waals surface area contributed by atoms with Gasteiger partial charge in [-0.25, -0.2) is 0 Å². The number of hydrogen-bond donors (Lipinski definition) is 0. The molecule has 2 nitrogen and oxygen atoms in total. The van der Waals surface area contributed by atoms with E-state index in [1.807, 2.05) is 6.07 Å². The van der Waals surface area contributed by atoms with Crippen molar-refractivity contribution in [3.8, 4) is 0 Å². The predicted octanol–water partition coefficient (Wildman–Crippen LogP) is 3.97. The van der Waals surface area contributed by atoms with Crippen LogP contribution in [-0.4, -0.2) is 24.3 Å². The summed E-state index contributed by atoms with van der Waals surface area (Å²) in [5.74, 6) is 0.258. The van der Waals surface area contributed by atoms with E-state index in [2.05, 4.69) is 23.1 Å². The number of aldehydes is 1. The molecule has 1 aliphatic heterocycles. The van der Waals surface area contributed by atoms with Gasteiger partial charge in [0.25, 0.3) is 0 Å². The first-order chi connectivity index (χ1) is 9.28. The van der Waals surface area contributed by atoms with Crippen LogP contribution >= 0.6 is 22.9 Å². The topological polar surface area (TPSA) is 20.3 Å². The molecule has 0 aliphatic carbocycles. The minimum Gasteiger partial charge on any atom is -0.303 e. The Morgan fingerprint density at radius 2 is 2.05 bits per heavy atom. The van der Waals surface area contributed by atoms with Gasteiger partial charge >= 0.3 is 0 Å². The first-order valence-electron chi connectivity index (χ1n) is 6.61. The lowest BCUT2D eigenvalue weighted by molar-refractivity contribution is -0.112. The zero-order valence-electron chi connectivity index (χ0n) is 10.6. The number of hydrogen-bond acceptors (Lipinski definition) is 3. The van der Waals surface area contributed by atoms with Gasteiger partial charge in [-0.2, -0.15) is 0 Å².